The van der Waals surface area contributed by atoms with Gasteiger partial charge in [0.1, 0.15) is 5.75 Å². The van der Waals surface area contributed by atoms with E-state index in [2.05, 4.69) is 10.3 Å². The highest BCUT2D eigenvalue weighted by molar-refractivity contribution is 5.87. The Balaban J connectivity index is 1.71. The lowest BCUT2D eigenvalue weighted by molar-refractivity contribution is 0.174. The highest BCUT2D eigenvalue weighted by atomic mass is 16.3. The van der Waals surface area contributed by atoms with Gasteiger partial charge in [0.05, 0.1) is 6.10 Å². The molecule has 0 fully saturated rings. The van der Waals surface area contributed by atoms with E-state index in [1.165, 1.54) is 0 Å². The van der Waals surface area contributed by atoms with Gasteiger partial charge in [0.25, 0.3) is 0 Å². The summed E-state index contributed by atoms with van der Waals surface area (Å²) in [7, 11) is 0. The quantitative estimate of drug-likeness (QED) is 0.677. The summed E-state index contributed by atoms with van der Waals surface area (Å²) in [6.07, 6.45) is 2.73. The molecule has 0 aliphatic carbocycles. The van der Waals surface area contributed by atoms with E-state index in [1.54, 1.807) is 30.6 Å². The van der Waals surface area contributed by atoms with E-state index in [0.717, 1.165) is 21.9 Å². The summed E-state index contributed by atoms with van der Waals surface area (Å²) in [5, 5.41) is 25.5. The number of aromatic nitrogens is 1. The Morgan fingerprint density at radius 1 is 1.00 bits per heavy atom. The number of rotatable bonds is 5. The van der Waals surface area contributed by atoms with Crippen molar-refractivity contribution in [2.45, 2.75) is 12.6 Å². The number of hydrogen-bond acceptors (Lipinski definition) is 4. The molecule has 0 aliphatic rings. The van der Waals surface area contributed by atoms with Crippen LogP contribution in [0.15, 0.2) is 60.9 Å². The number of fused-ring (bicyclic) bond motifs is 1. The van der Waals surface area contributed by atoms with Crippen LogP contribution in [-0.2, 0) is 6.54 Å². The normalized spacial score (nSPS) is 12.4. The van der Waals surface area contributed by atoms with Crippen molar-refractivity contribution < 1.29 is 10.2 Å². The highest BCUT2D eigenvalue weighted by Gasteiger charge is 2.09. The maximum atomic E-state index is 10.1. The molecule has 3 rings (SSSR count). The van der Waals surface area contributed by atoms with Crippen LogP contribution < -0.4 is 5.32 Å². The number of benzene rings is 2. The van der Waals surface area contributed by atoms with Crippen molar-refractivity contribution in [3.63, 3.8) is 0 Å². The zero-order chi connectivity index (χ0) is 15.4. The summed E-state index contributed by atoms with van der Waals surface area (Å²) in [6.45, 7) is 0.905. The molecule has 0 bridgehead atoms. The number of pyridine rings is 1. The number of nitrogens with zero attached hydrogens (tertiary/aromatic N) is 1. The molecule has 0 amide bonds. The maximum Gasteiger partial charge on any atom is 0.120 e. The van der Waals surface area contributed by atoms with Gasteiger partial charge in [-0.05, 0) is 34.5 Å². The molecule has 3 N–H and O–H groups in total. The summed E-state index contributed by atoms with van der Waals surface area (Å²) in [5.74, 6) is 0.268. The first-order valence-corrected chi connectivity index (χ1v) is 7.24. The van der Waals surface area contributed by atoms with E-state index >= 15 is 0 Å². The van der Waals surface area contributed by atoms with Gasteiger partial charge in [0, 0.05) is 31.0 Å². The molecule has 0 radical (unpaired) electrons. The van der Waals surface area contributed by atoms with E-state index in [-0.39, 0.29) is 5.75 Å². The zero-order valence-corrected chi connectivity index (χ0v) is 12.1. The van der Waals surface area contributed by atoms with Crippen LogP contribution >= 0.6 is 0 Å². The average Bonchev–Trinajstić information content (AvgIpc) is 2.57. The molecule has 1 heterocycles. The molecule has 0 saturated heterocycles. The molecule has 0 saturated carbocycles. The predicted octanol–water partition coefficient (Wildman–Crippen LogP) is 2.76. The van der Waals surface area contributed by atoms with Crippen LogP contribution in [0.5, 0.6) is 5.75 Å². The molecule has 112 valence electrons. The minimum Gasteiger partial charge on any atom is -0.508 e. The molecule has 0 aliphatic heterocycles. The van der Waals surface area contributed by atoms with E-state index in [9.17, 15) is 10.2 Å². The van der Waals surface area contributed by atoms with Gasteiger partial charge in [-0.15, -0.1) is 0 Å². The smallest absolute Gasteiger partial charge is 0.120 e. The zero-order valence-electron chi connectivity index (χ0n) is 12.1. The number of phenolic OH excluding ortho intramolecular Hbond substituents is 1. The number of aromatic hydroxyl groups is 1. The summed E-state index contributed by atoms with van der Waals surface area (Å²) >= 11 is 0. The second-order valence-corrected chi connectivity index (χ2v) is 5.21. The van der Waals surface area contributed by atoms with Crippen LogP contribution in [0.25, 0.3) is 10.8 Å². The Morgan fingerprint density at radius 2 is 1.77 bits per heavy atom. The lowest BCUT2D eigenvalue weighted by atomic mass is 10.0. The first-order chi connectivity index (χ1) is 10.8. The van der Waals surface area contributed by atoms with Gasteiger partial charge in [-0.1, -0.05) is 30.3 Å². The van der Waals surface area contributed by atoms with Crippen molar-refractivity contribution >= 4 is 10.8 Å². The molecule has 4 nitrogen and oxygen atoms in total. The monoisotopic (exact) mass is 294 g/mol. The Morgan fingerprint density at radius 3 is 2.59 bits per heavy atom. The average molecular weight is 294 g/mol. The second-order valence-electron chi connectivity index (χ2n) is 5.21. The van der Waals surface area contributed by atoms with Gasteiger partial charge in [-0.2, -0.15) is 0 Å². The summed E-state index contributed by atoms with van der Waals surface area (Å²) in [5.41, 5.74) is 1.67. The van der Waals surface area contributed by atoms with Crippen LogP contribution in [0.3, 0.4) is 0 Å². The molecule has 22 heavy (non-hydrogen) atoms. The van der Waals surface area contributed by atoms with Crippen molar-refractivity contribution in [2.75, 3.05) is 6.54 Å². The number of aliphatic hydroxyl groups excluding tert-OH is 1. The van der Waals surface area contributed by atoms with E-state index in [1.807, 2.05) is 30.3 Å². The Labute approximate surface area is 129 Å². The lowest BCUT2D eigenvalue weighted by Gasteiger charge is -2.14. The van der Waals surface area contributed by atoms with Crippen LogP contribution in [0.4, 0.5) is 0 Å². The predicted molar refractivity (Wildman–Crippen MR) is 86.5 cm³/mol. The largest absolute Gasteiger partial charge is 0.508 e. The van der Waals surface area contributed by atoms with Crippen molar-refractivity contribution in [3.8, 4) is 5.75 Å². The van der Waals surface area contributed by atoms with Crippen LogP contribution in [0.1, 0.15) is 17.2 Å². The molecule has 1 atom stereocenters. The Kier molecular flexibility index (Phi) is 4.32. The van der Waals surface area contributed by atoms with Gasteiger partial charge in [-0.3, -0.25) is 4.98 Å². The third kappa shape index (κ3) is 3.08. The Hall–Kier alpha value is -2.43. The van der Waals surface area contributed by atoms with Crippen molar-refractivity contribution in [1.82, 2.24) is 10.3 Å². The molecular weight excluding hydrogens is 276 g/mol. The topological polar surface area (TPSA) is 65.4 Å². The van der Waals surface area contributed by atoms with Crippen LogP contribution in [-0.4, -0.2) is 21.7 Å². The fourth-order valence-corrected chi connectivity index (χ4v) is 2.55. The van der Waals surface area contributed by atoms with Crippen molar-refractivity contribution in [3.05, 3.63) is 72.1 Å². The summed E-state index contributed by atoms with van der Waals surface area (Å²) in [6, 6.07) is 15.1. The Bertz CT molecular complexity index is 759. The first-order valence-electron chi connectivity index (χ1n) is 7.24. The number of nitrogens with one attached hydrogen (secondary N) is 1. The number of hydrogen-bond donors (Lipinski definition) is 3. The summed E-state index contributed by atoms with van der Waals surface area (Å²) < 4.78 is 0. The summed E-state index contributed by atoms with van der Waals surface area (Å²) in [4.78, 5) is 3.94. The number of aliphatic hydroxyl groups is 1. The van der Waals surface area contributed by atoms with Crippen molar-refractivity contribution in [1.29, 1.82) is 0 Å². The molecule has 0 spiro atoms. The number of phenols is 1. The minimum absolute atomic E-state index is 0.268. The van der Waals surface area contributed by atoms with E-state index in [0.29, 0.717) is 13.1 Å². The van der Waals surface area contributed by atoms with Crippen LogP contribution in [0, 0.1) is 0 Å². The van der Waals surface area contributed by atoms with Gasteiger partial charge in [0.2, 0.25) is 0 Å². The maximum absolute atomic E-state index is 10.1. The lowest BCUT2D eigenvalue weighted by Crippen LogP contribution is -2.21. The standard InChI is InChI=1S/C18H18N2O2/c21-17-6-5-13-3-1-2-4-15(13)16(17)11-20-12-18(22)14-7-9-19-10-8-14/h1-10,18,20-22H,11-12H2. The second kappa shape index (κ2) is 6.56. The third-order valence-corrected chi connectivity index (χ3v) is 3.75. The van der Waals surface area contributed by atoms with Gasteiger partial charge >= 0.3 is 0 Å². The van der Waals surface area contributed by atoms with E-state index in [4.69, 9.17) is 0 Å². The van der Waals surface area contributed by atoms with Gasteiger partial charge in [0.15, 0.2) is 0 Å². The molecular formula is C18H18N2O2. The minimum atomic E-state index is -0.597. The molecule has 4 heteroatoms. The first kappa shape index (κ1) is 14.5. The van der Waals surface area contributed by atoms with Gasteiger partial charge < -0.3 is 15.5 Å². The van der Waals surface area contributed by atoms with E-state index < -0.39 is 6.10 Å². The fourth-order valence-electron chi connectivity index (χ4n) is 2.55. The van der Waals surface area contributed by atoms with Gasteiger partial charge in [-0.25, -0.2) is 0 Å². The SMILES string of the molecule is Oc1ccc2ccccc2c1CNCC(O)c1ccncc1. The molecule has 3 aromatic rings. The molecule has 1 unspecified atom stereocenters. The third-order valence-electron chi connectivity index (χ3n) is 3.75. The fraction of sp³-hybridized carbons (Fsp3) is 0.167. The molecule has 2 aromatic carbocycles. The van der Waals surface area contributed by atoms with Crippen LogP contribution in [0.2, 0.25) is 0 Å². The molecule has 1 aromatic heterocycles. The highest BCUT2D eigenvalue weighted by Crippen LogP contribution is 2.27. The van der Waals surface area contributed by atoms with Crippen molar-refractivity contribution in [2.24, 2.45) is 0 Å².